The van der Waals surface area contributed by atoms with Crippen molar-refractivity contribution in [3.8, 4) is 11.1 Å². The molecular weight excluding hydrogens is 442 g/mol. The van der Waals surface area contributed by atoms with Gasteiger partial charge in [0.1, 0.15) is 17.5 Å². The molecule has 3 N–H and O–H groups in total. The zero-order valence-corrected chi connectivity index (χ0v) is 18.7. The first-order valence-corrected chi connectivity index (χ1v) is 11.4. The molecule has 0 aliphatic heterocycles. The Morgan fingerprint density at radius 2 is 1.73 bits per heavy atom. The molecule has 33 heavy (non-hydrogen) atoms. The van der Waals surface area contributed by atoms with Crippen LogP contribution in [0.4, 0.5) is 9.93 Å². The van der Waals surface area contributed by atoms with Crippen molar-refractivity contribution in [3.63, 3.8) is 0 Å². The molecule has 1 aliphatic carbocycles. The SMILES string of the molecule is CCC[C@H](NC(=O)c1cnc(NC(=O)OCC2c3ccccc3-c3ccccc32)s1)C(=O)O. The lowest BCUT2D eigenvalue weighted by Crippen LogP contribution is -2.40. The largest absolute Gasteiger partial charge is 0.480 e. The van der Waals surface area contributed by atoms with Crippen molar-refractivity contribution < 1.29 is 24.2 Å². The monoisotopic (exact) mass is 465 g/mol. The lowest BCUT2D eigenvalue weighted by molar-refractivity contribution is -0.139. The molecule has 3 aromatic rings. The fourth-order valence-corrected chi connectivity index (χ4v) is 4.64. The van der Waals surface area contributed by atoms with Crippen LogP contribution < -0.4 is 10.6 Å². The van der Waals surface area contributed by atoms with Gasteiger partial charge in [0.25, 0.3) is 5.91 Å². The normalized spacial score (nSPS) is 13.0. The number of benzene rings is 2. The third kappa shape index (κ3) is 4.88. The number of thiazole rings is 1. The Bertz CT molecular complexity index is 1150. The number of carboxylic acid groups (broad SMARTS) is 1. The number of nitrogens with one attached hydrogen (secondary N) is 2. The van der Waals surface area contributed by atoms with E-state index in [-0.39, 0.29) is 22.5 Å². The van der Waals surface area contributed by atoms with Crippen LogP contribution >= 0.6 is 11.3 Å². The number of aromatic nitrogens is 1. The van der Waals surface area contributed by atoms with Crippen molar-refractivity contribution in [2.24, 2.45) is 0 Å². The van der Waals surface area contributed by atoms with Gasteiger partial charge in [0.15, 0.2) is 5.13 Å². The van der Waals surface area contributed by atoms with Crippen molar-refractivity contribution in [1.82, 2.24) is 10.3 Å². The van der Waals surface area contributed by atoms with Gasteiger partial charge in [0, 0.05) is 5.92 Å². The molecule has 2 amide bonds. The summed E-state index contributed by atoms with van der Waals surface area (Å²) in [6.45, 7) is 2.00. The zero-order valence-electron chi connectivity index (χ0n) is 17.9. The first-order chi connectivity index (χ1) is 16.0. The van der Waals surface area contributed by atoms with Crippen LogP contribution in [-0.4, -0.2) is 40.7 Å². The van der Waals surface area contributed by atoms with Crippen LogP contribution in [0.25, 0.3) is 11.1 Å². The molecule has 170 valence electrons. The third-order valence-corrected chi connectivity index (χ3v) is 6.37. The highest BCUT2D eigenvalue weighted by Gasteiger charge is 2.29. The van der Waals surface area contributed by atoms with Gasteiger partial charge in [0.2, 0.25) is 0 Å². The molecule has 1 aromatic heterocycles. The minimum atomic E-state index is -1.09. The summed E-state index contributed by atoms with van der Waals surface area (Å²) in [7, 11) is 0. The Hall–Kier alpha value is -3.72. The number of carboxylic acids is 1. The van der Waals surface area contributed by atoms with Crippen LogP contribution in [0.1, 0.15) is 46.5 Å². The molecule has 0 saturated carbocycles. The predicted molar refractivity (Wildman–Crippen MR) is 125 cm³/mol. The summed E-state index contributed by atoms with van der Waals surface area (Å²) < 4.78 is 5.48. The molecule has 4 rings (SSSR count). The number of carbonyl (C=O) groups is 3. The second-order valence-corrected chi connectivity index (χ2v) is 8.66. The van der Waals surface area contributed by atoms with E-state index in [4.69, 9.17) is 4.74 Å². The van der Waals surface area contributed by atoms with E-state index >= 15 is 0 Å². The van der Waals surface area contributed by atoms with Crippen molar-refractivity contribution in [1.29, 1.82) is 0 Å². The van der Waals surface area contributed by atoms with E-state index in [1.165, 1.54) is 6.20 Å². The molecular formula is C24H23N3O5S. The molecule has 0 radical (unpaired) electrons. The number of fused-ring (bicyclic) bond motifs is 3. The van der Waals surface area contributed by atoms with Crippen LogP contribution in [0.5, 0.6) is 0 Å². The fourth-order valence-electron chi connectivity index (χ4n) is 3.93. The van der Waals surface area contributed by atoms with E-state index in [0.29, 0.717) is 12.8 Å². The molecule has 0 unspecified atom stereocenters. The van der Waals surface area contributed by atoms with Crippen LogP contribution in [-0.2, 0) is 9.53 Å². The fraction of sp³-hybridized carbons (Fsp3) is 0.250. The zero-order chi connectivity index (χ0) is 23.4. The maximum absolute atomic E-state index is 12.4. The second kappa shape index (κ2) is 9.83. The second-order valence-electron chi connectivity index (χ2n) is 7.63. The standard InChI is InChI=1S/C24H23N3O5S/c1-2-7-19(22(29)30)26-21(28)20-12-25-23(33-20)27-24(31)32-13-18-16-10-5-3-8-14(16)15-9-4-6-11-17(15)18/h3-6,8-12,18-19H,2,7,13H2,1H3,(H,26,28)(H,29,30)(H,25,27,31)/t19-/m0/s1. The molecule has 0 spiro atoms. The van der Waals surface area contributed by atoms with Gasteiger partial charge in [-0.25, -0.2) is 14.6 Å². The van der Waals surface area contributed by atoms with E-state index < -0.39 is 24.0 Å². The average molecular weight is 466 g/mol. The van der Waals surface area contributed by atoms with Crippen LogP contribution in [0, 0.1) is 0 Å². The van der Waals surface area contributed by atoms with Crippen LogP contribution in [0.15, 0.2) is 54.7 Å². The van der Waals surface area contributed by atoms with E-state index in [2.05, 4.69) is 27.8 Å². The summed E-state index contributed by atoms with van der Waals surface area (Å²) in [5.41, 5.74) is 4.50. The summed E-state index contributed by atoms with van der Waals surface area (Å²) in [6.07, 6.45) is 1.57. The minimum absolute atomic E-state index is 0.0627. The minimum Gasteiger partial charge on any atom is -0.480 e. The number of nitrogens with zero attached hydrogens (tertiary/aromatic N) is 1. The lowest BCUT2D eigenvalue weighted by Gasteiger charge is -2.14. The number of rotatable bonds is 8. The Balaban J connectivity index is 1.36. The van der Waals surface area contributed by atoms with E-state index in [9.17, 15) is 19.5 Å². The smallest absolute Gasteiger partial charge is 0.413 e. The molecule has 0 fully saturated rings. The number of hydrogen-bond acceptors (Lipinski definition) is 6. The molecule has 8 nitrogen and oxygen atoms in total. The van der Waals surface area contributed by atoms with Gasteiger partial charge < -0.3 is 15.2 Å². The maximum Gasteiger partial charge on any atom is 0.413 e. The molecule has 1 aliphatic rings. The molecule has 0 bridgehead atoms. The highest BCUT2D eigenvalue weighted by Crippen LogP contribution is 2.44. The maximum atomic E-state index is 12.4. The number of hydrogen-bond donors (Lipinski definition) is 3. The van der Waals surface area contributed by atoms with Crippen molar-refractivity contribution in [2.75, 3.05) is 11.9 Å². The molecule has 0 saturated heterocycles. The van der Waals surface area contributed by atoms with Gasteiger partial charge in [-0.15, -0.1) is 0 Å². The predicted octanol–water partition coefficient (Wildman–Crippen LogP) is 4.49. The summed E-state index contributed by atoms with van der Waals surface area (Å²) >= 11 is 0.948. The summed E-state index contributed by atoms with van der Waals surface area (Å²) in [4.78, 5) is 40.2. The van der Waals surface area contributed by atoms with Gasteiger partial charge >= 0.3 is 12.1 Å². The Labute approximate surface area is 194 Å². The van der Waals surface area contributed by atoms with Crippen LogP contribution in [0.3, 0.4) is 0 Å². The summed E-state index contributed by atoms with van der Waals surface area (Å²) in [6, 6.07) is 15.1. The highest BCUT2D eigenvalue weighted by atomic mass is 32.1. The van der Waals surface area contributed by atoms with Gasteiger partial charge in [-0.3, -0.25) is 10.1 Å². The number of ether oxygens (including phenoxy) is 1. The molecule has 1 atom stereocenters. The highest BCUT2D eigenvalue weighted by molar-refractivity contribution is 7.17. The average Bonchev–Trinajstić information content (AvgIpc) is 3.40. The first-order valence-electron chi connectivity index (χ1n) is 10.6. The number of aliphatic carboxylic acids is 1. The first kappa shape index (κ1) is 22.5. The van der Waals surface area contributed by atoms with Crippen molar-refractivity contribution in [2.45, 2.75) is 31.7 Å². The Morgan fingerprint density at radius 3 is 2.33 bits per heavy atom. The van der Waals surface area contributed by atoms with Gasteiger partial charge in [-0.05, 0) is 28.7 Å². The quantitative estimate of drug-likeness (QED) is 0.451. The summed E-state index contributed by atoms with van der Waals surface area (Å²) in [5, 5.41) is 14.4. The summed E-state index contributed by atoms with van der Waals surface area (Å²) in [5.74, 6) is -1.70. The van der Waals surface area contributed by atoms with Crippen molar-refractivity contribution >= 4 is 34.4 Å². The lowest BCUT2D eigenvalue weighted by atomic mass is 9.98. The Morgan fingerprint density at radius 1 is 1.09 bits per heavy atom. The van der Waals surface area contributed by atoms with Gasteiger partial charge in [-0.2, -0.15) is 0 Å². The molecule has 2 aromatic carbocycles. The van der Waals surface area contributed by atoms with Crippen LogP contribution in [0.2, 0.25) is 0 Å². The number of amides is 2. The van der Waals surface area contributed by atoms with E-state index in [1.807, 2.05) is 43.3 Å². The topological polar surface area (TPSA) is 118 Å². The molecule has 1 heterocycles. The van der Waals surface area contributed by atoms with Gasteiger partial charge in [0.05, 0.1) is 6.20 Å². The van der Waals surface area contributed by atoms with E-state index in [0.717, 1.165) is 33.6 Å². The van der Waals surface area contributed by atoms with E-state index in [1.54, 1.807) is 0 Å². The number of anilines is 1. The van der Waals surface area contributed by atoms with Crippen molar-refractivity contribution in [3.05, 3.63) is 70.7 Å². The number of carbonyl (C=O) groups excluding carboxylic acids is 2. The third-order valence-electron chi connectivity index (χ3n) is 5.46. The molecule has 9 heteroatoms. The van der Waals surface area contributed by atoms with Gasteiger partial charge in [-0.1, -0.05) is 73.2 Å². The Kier molecular flexibility index (Phi) is 6.69.